The van der Waals surface area contributed by atoms with Gasteiger partial charge in [0.05, 0.1) is 30.2 Å². The number of carbonyl (C=O) groups excluding carboxylic acids is 3. The van der Waals surface area contributed by atoms with Crippen LogP contribution in [0.2, 0.25) is 0 Å². The van der Waals surface area contributed by atoms with E-state index >= 15 is 0 Å². The molecule has 4 heterocycles. The van der Waals surface area contributed by atoms with Gasteiger partial charge >= 0.3 is 6.09 Å². The molecule has 0 saturated carbocycles. The van der Waals surface area contributed by atoms with E-state index in [1.807, 2.05) is 79.2 Å². The van der Waals surface area contributed by atoms with Crippen molar-refractivity contribution in [2.45, 2.75) is 76.0 Å². The van der Waals surface area contributed by atoms with Crippen LogP contribution in [0.25, 0.3) is 28.2 Å². The number of carbonyl (C=O) groups is 3. The SMILES string of the molecule is COC(=O)N[C@H](C(=O)N1CCCC1c1ncc(C2C=Cc3cc(-c4ccc5nc([C@@H]6CCCN6C(=O)[C@@H](c6ccccc6)N(C)C)[nH]c5c4)ccc3C2)[nH]1)C(C)C. The maximum atomic E-state index is 14.0. The van der Waals surface area contributed by atoms with Gasteiger partial charge in [0.25, 0.3) is 0 Å². The summed E-state index contributed by atoms with van der Waals surface area (Å²) < 4.78 is 4.78. The number of rotatable bonds is 10. The number of ether oxygens (including phenoxy) is 1. The molecule has 12 heteroatoms. The summed E-state index contributed by atoms with van der Waals surface area (Å²) in [5.41, 5.74) is 8.53. The molecule has 0 bridgehead atoms. The first-order valence-electron chi connectivity index (χ1n) is 20.1. The first-order valence-corrected chi connectivity index (χ1v) is 20.1. The minimum atomic E-state index is -0.671. The van der Waals surface area contributed by atoms with E-state index in [9.17, 15) is 14.4 Å². The minimum absolute atomic E-state index is 0.0901. The molecule has 2 fully saturated rings. The van der Waals surface area contributed by atoms with Gasteiger partial charge in [0, 0.05) is 30.9 Å². The molecule has 296 valence electrons. The molecule has 3 aromatic carbocycles. The number of aromatic nitrogens is 4. The summed E-state index contributed by atoms with van der Waals surface area (Å²) in [6.07, 6.45) is 10.0. The fourth-order valence-electron chi connectivity index (χ4n) is 8.89. The Morgan fingerprint density at radius 2 is 1.58 bits per heavy atom. The Labute approximate surface area is 333 Å². The lowest BCUT2D eigenvalue weighted by Gasteiger charge is -2.31. The molecule has 2 aliphatic heterocycles. The van der Waals surface area contributed by atoms with E-state index in [1.165, 1.54) is 18.2 Å². The maximum absolute atomic E-state index is 14.0. The van der Waals surface area contributed by atoms with E-state index in [4.69, 9.17) is 14.7 Å². The first kappa shape index (κ1) is 38.1. The van der Waals surface area contributed by atoms with E-state index in [0.717, 1.165) is 77.2 Å². The quantitative estimate of drug-likeness (QED) is 0.135. The number of nitrogens with zero attached hydrogens (tertiary/aromatic N) is 5. The summed E-state index contributed by atoms with van der Waals surface area (Å²) in [4.78, 5) is 62.4. The smallest absolute Gasteiger partial charge is 0.407 e. The highest BCUT2D eigenvalue weighted by Gasteiger charge is 2.39. The van der Waals surface area contributed by atoms with Gasteiger partial charge in [-0.2, -0.15) is 0 Å². The lowest BCUT2D eigenvalue weighted by atomic mass is 9.86. The van der Waals surface area contributed by atoms with Crippen molar-refractivity contribution in [3.8, 4) is 11.1 Å². The number of hydrogen-bond acceptors (Lipinski definition) is 7. The third kappa shape index (κ3) is 7.58. The van der Waals surface area contributed by atoms with Gasteiger partial charge in [-0.25, -0.2) is 14.8 Å². The standard InChI is InChI=1S/C45H52N8O4/c1-27(2)39(50-45(56)57-5)43(54)52-21-9-13-37(52)41-46-26-36(49-41)33-18-17-29-23-30(15-16-31(29)24-33)32-19-20-34-35(25-32)48-42(47-34)38-14-10-22-53(38)44(55)40(51(3)4)28-11-7-6-8-12-28/h6-8,11-12,15-20,23,25-27,33,37-40H,9-10,13-14,21-22,24H2,1-5H3,(H,46,49)(H,47,48)(H,50,56)/t33?,37?,38-,39-,40+/m0/s1. The van der Waals surface area contributed by atoms with E-state index in [-0.39, 0.29) is 41.8 Å². The molecule has 3 amide bonds. The number of benzene rings is 3. The highest BCUT2D eigenvalue weighted by Crippen LogP contribution is 2.38. The van der Waals surface area contributed by atoms with Crippen LogP contribution < -0.4 is 5.32 Å². The Balaban J connectivity index is 0.959. The van der Waals surface area contributed by atoms with Crippen LogP contribution in [0.1, 0.15) is 97.6 Å². The molecule has 2 saturated heterocycles. The molecule has 0 spiro atoms. The van der Waals surface area contributed by atoms with Crippen LogP contribution >= 0.6 is 0 Å². The number of methoxy groups -OCH3 is 1. The normalized spacial score (nSPS) is 20.3. The topological polar surface area (TPSA) is 140 Å². The van der Waals surface area contributed by atoms with Crippen LogP contribution in [0, 0.1) is 5.92 Å². The van der Waals surface area contributed by atoms with Crippen molar-refractivity contribution in [1.29, 1.82) is 0 Å². The lowest BCUT2D eigenvalue weighted by molar-refractivity contribution is -0.137. The van der Waals surface area contributed by atoms with Crippen LogP contribution in [-0.4, -0.2) is 92.9 Å². The number of aromatic amines is 2. The van der Waals surface area contributed by atoms with Gasteiger partial charge in [0.1, 0.15) is 23.7 Å². The summed E-state index contributed by atoms with van der Waals surface area (Å²) in [5, 5.41) is 2.72. The Bertz CT molecular complexity index is 2290. The zero-order chi connectivity index (χ0) is 39.8. The van der Waals surface area contributed by atoms with E-state index in [1.54, 1.807) is 0 Å². The van der Waals surface area contributed by atoms with Crippen molar-refractivity contribution in [1.82, 2.24) is 40.0 Å². The number of H-pyrrole nitrogens is 2. The molecular weight excluding hydrogens is 717 g/mol. The lowest BCUT2D eigenvalue weighted by Crippen LogP contribution is -2.51. The number of nitrogens with one attached hydrogen (secondary N) is 3. The third-order valence-corrected chi connectivity index (χ3v) is 11.9. The molecule has 2 aromatic heterocycles. The molecule has 2 unspecified atom stereocenters. The Morgan fingerprint density at radius 1 is 0.877 bits per heavy atom. The fraction of sp³-hybridized carbons (Fsp3) is 0.400. The van der Waals surface area contributed by atoms with E-state index in [0.29, 0.717) is 13.1 Å². The molecule has 5 atom stereocenters. The van der Waals surface area contributed by atoms with Crippen molar-refractivity contribution < 1.29 is 19.1 Å². The van der Waals surface area contributed by atoms with Gasteiger partial charge in [0.15, 0.2) is 0 Å². The summed E-state index contributed by atoms with van der Waals surface area (Å²) in [6.45, 7) is 5.17. The second kappa shape index (κ2) is 16.0. The molecule has 12 nitrogen and oxygen atoms in total. The molecular formula is C45H52N8O4. The number of allylic oxidation sites excluding steroid dienone is 1. The van der Waals surface area contributed by atoms with Crippen LogP contribution in [0.5, 0.6) is 0 Å². The number of fused-ring (bicyclic) bond motifs is 2. The van der Waals surface area contributed by atoms with Gasteiger partial charge in [-0.15, -0.1) is 0 Å². The zero-order valence-corrected chi connectivity index (χ0v) is 33.4. The average Bonchev–Trinajstić information content (AvgIpc) is 4.05. The summed E-state index contributed by atoms with van der Waals surface area (Å²) in [5.74, 6) is 1.64. The molecule has 3 aliphatic rings. The van der Waals surface area contributed by atoms with Crippen molar-refractivity contribution in [2.75, 3.05) is 34.3 Å². The highest BCUT2D eigenvalue weighted by molar-refractivity contribution is 5.87. The third-order valence-electron chi connectivity index (χ3n) is 11.9. The number of amides is 3. The average molecular weight is 769 g/mol. The van der Waals surface area contributed by atoms with Crippen molar-refractivity contribution >= 4 is 35.0 Å². The van der Waals surface area contributed by atoms with Crippen LogP contribution in [-0.2, 0) is 20.7 Å². The highest BCUT2D eigenvalue weighted by atomic mass is 16.5. The molecule has 5 aromatic rings. The number of hydrogen-bond donors (Lipinski definition) is 3. The zero-order valence-electron chi connectivity index (χ0n) is 33.4. The van der Waals surface area contributed by atoms with Crippen LogP contribution in [0.3, 0.4) is 0 Å². The summed E-state index contributed by atoms with van der Waals surface area (Å²) in [7, 11) is 5.22. The predicted octanol–water partition coefficient (Wildman–Crippen LogP) is 7.32. The molecule has 57 heavy (non-hydrogen) atoms. The van der Waals surface area contributed by atoms with E-state index in [2.05, 4.69) is 63.8 Å². The molecule has 0 radical (unpaired) electrons. The number of likely N-dealkylation sites (N-methyl/N-ethyl adjacent to an activating group) is 1. The number of imidazole rings is 2. The Morgan fingerprint density at radius 3 is 2.30 bits per heavy atom. The van der Waals surface area contributed by atoms with Crippen molar-refractivity contribution in [3.05, 3.63) is 113 Å². The van der Waals surface area contributed by atoms with Crippen LogP contribution in [0.15, 0.2) is 79.0 Å². The second-order valence-electron chi connectivity index (χ2n) is 16.2. The first-order chi connectivity index (χ1) is 27.6. The molecule has 1 aliphatic carbocycles. The Kier molecular flexibility index (Phi) is 10.7. The number of likely N-dealkylation sites (tertiary alicyclic amines) is 2. The van der Waals surface area contributed by atoms with Gasteiger partial charge in [-0.05, 0) is 98.1 Å². The van der Waals surface area contributed by atoms with E-state index < -0.39 is 12.1 Å². The van der Waals surface area contributed by atoms with Gasteiger partial charge in [-0.1, -0.05) is 74.5 Å². The molecule has 8 rings (SSSR count). The second-order valence-corrected chi connectivity index (χ2v) is 16.2. The van der Waals surface area contributed by atoms with Gasteiger partial charge in [0.2, 0.25) is 11.8 Å². The van der Waals surface area contributed by atoms with Gasteiger partial charge < -0.3 is 29.8 Å². The predicted molar refractivity (Wildman–Crippen MR) is 220 cm³/mol. The van der Waals surface area contributed by atoms with Crippen molar-refractivity contribution in [2.24, 2.45) is 5.92 Å². The summed E-state index contributed by atoms with van der Waals surface area (Å²) >= 11 is 0. The van der Waals surface area contributed by atoms with Crippen molar-refractivity contribution in [3.63, 3.8) is 0 Å². The van der Waals surface area contributed by atoms with Crippen LogP contribution in [0.4, 0.5) is 4.79 Å². The van der Waals surface area contributed by atoms with Gasteiger partial charge in [-0.3, -0.25) is 14.5 Å². The largest absolute Gasteiger partial charge is 0.453 e. The minimum Gasteiger partial charge on any atom is -0.453 e. The maximum Gasteiger partial charge on any atom is 0.407 e. The molecule has 3 N–H and O–H groups in total. The summed E-state index contributed by atoms with van der Waals surface area (Å²) in [6, 6.07) is 21.7. The number of alkyl carbamates (subject to hydrolysis) is 1. The Hall–Kier alpha value is -5.75. The monoisotopic (exact) mass is 768 g/mol. The fourth-order valence-corrected chi connectivity index (χ4v) is 8.89.